The molecule has 156 valence electrons. The molecule has 0 amide bonds. The minimum atomic E-state index is 0.301. The summed E-state index contributed by atoms with van der Waals surface area (Å²) in [6, 6.07) is 16.3. The second-order valence-corrected chi connectivity index (χ2v) is 8.11. The van der Waals surface area contributed by atoms with E-state index in [0.717, 1.165) is 36.5 Å². The van der Waals surface area contributed by atoms with Gasteiger partial charge in [0.15, 0.2) is 9.79 Å². The minimum absolute atomic E-state index is 0.301. The third-order valence-electron chi connectivity index (χ3n) is 4.34. The Balaban J connectivity index is 1.12. The molecular formula is C22H27O6S+. The Labute approximate surface area is 175 Å². The van der Waals surface area contributed by atoms with Crippen molar-refractivity contribution in [2.24, 2.45) is 0 Å². The van der Waals surface area contributed by atoms with Gasteiger partial charge < -0.3 is 28.4 Å². The first-order chi connectivity index (χ1) is 14.3. The van der Waals surface area contributed by atoms with Crippen molar-refractivity contribution in [3.8, 4) is 11.5 Å². The maximum atomic E-state index is 5.70. The van der Waals surface area contributed by atoms with Gasteiger partial charge in [0.2, 0.25) is 0 Å². The first-order valence-electron chi connectivity index (χ1n) is 9.91. The van der Waals surface area contributed by atoms with Gasteiger partial charge in [0.1, 0.15) is 36.9 Å². The summed E-state index contributed by atoms with van der Waals surface area (Å²) >= 11 is 1.15. The SMILES string of the molecule is c1cc([SH+]c2ccc(OCCOCC3CO3)cc2)ccc1OCCOCC1CO1. The van der Waals surface area contributed by atoms with Crippen LogP contribution in [0.2, 0.25) is 0 Å². The monoisotopic (exact) mass is 419 g/mol. The van der Waals surface area contributed by atoms with Crippen molar-refractivity contribution in [3.63, 3.8) is 0 Å². The number of hydrogen-bond acceptors (Lipinski definition) is 6. The lowest BCUT2D eigenvalue weighted by Crippen LogP contribution is -2.10. The number of benzene rings is 2. The van der Waals surface area contributed by atoms with Crippen LogP contribution in [0.5, 0.6) is 11.5 Å². The molecule has 4 rings (SSSR count). The molecule has 2 aliphatic heterocycles. The first kappa shape index (κ1) is 20.5. The maximum absolute atomic E-state index is 5.70. The molecule has 0 N–H and O–H groups in total. The molecule has 7 heteroatoms. The Hall–Kier alpha value is -1.77. The van der Waals surface area contributed by atoms with Gasteiger partial charge >= 0.3 is 0 Å². The van der Waals surface area contributed by atoms with E-state index in [0.29, 0.717) is 51.8 Å². The number of ether oxygens (including phenoxy) is 6. The lowest BCUT2D eigenvalue weighted by atomic mass is 10.3. The van der Waals surface area contributed by atoms with Crippen LogP contribution in [0.25, 0.3) is 0 Å². The van der Waals surface area contributed by atoms with E-state index in [4.69, 9.17) is 28.4 Å². The third kappa shape index (κ3) is 7.87. The number of rotatable bonds is 14. The van der Waals surface area contributed by atoms with E-state index in [1.54, 1.807) is 0 Å². The van der Waals surface area contributed by atoms with Crippen LogP contribution in [-0.4, -0.2) is 65.1 Å². The molecular weight excluding hydrogens is 392 g/mol. The van der Waals surface area contributed by atoms with E-state index in [-0.39, 0.29) is 0 Å². The molecule has 0 aliphatic carbocycles. The molecule has 2 fully saturated rings. The van der Waals surface area contributed by atoms with E-state index >= 15 is 0 Å². The molecule has 2 aromatic rings. The van der Waals surface area contributed by atoms with Gasteiger partial charge in [-0.05, 0) is 48.5 Å². The van der Waals surface area contributed by atoms with Gasteiger partial charge in [0.25, 0.3) is 0 Å². The van der Waals surface area contributed by atoms with E-state index in [9.17, 15) is 0 Å². The van der Waals surface area contributed by atoms with E-state index in [1.165, 1.54) is 9.79 Å². The van der Waals surface area contributed by atoms with Gasteiger partial charge in [0, 0.05) is 11.8 Å². The van der Waals surface area contributed by atoms with Crippen molar-refractivity contribution in [2.75, 3.05) is 52.9 Å². The Morgan fingerprint density at radius 2 is 1.07 bits per heavy atom. The fraction of sp³-hybridized carbons (Fsp3) is 0.455. The smallest absolute Gasteiger partial charge is 0.158 e. The molecule has 29 heavy (non-hydrogen) atoms. The molecule has 0 aromatic heterocycles. The standard InChI is InChI=1S/C22H26O6S/c1-5-21(6-2-17(1)25-11-9-23-13-19-15-27-19)29-22-7-3-18(4-8-22)26-12-10-24-14-20-16-28-20/h1-8,19-20H,9-16H2/p+1. The summed E-state index contributed by atoms with van der Waals surface area (Å²) < 4.78 is 32.5. The summed E-state index contributed by atoms with van der Waals surface area (Å²) in [5, 5.41) is 0. The van der Waals surface area contributed by atoms with Crippen LogP contribution in [0, 0.1) is 0 Å². The van der Waals surface area contributed by atoms with Crippen molar-refractivity contribution >= 4 is 11.8 Å². The zero-order chi connectivity index (χ0) is 19.7. The average molecular weight is 420 g/mol. The summed E-state index contributed by atoms with van der Waals surface area (Å²) in [4.78, 5) is 2.42. The van der Waals surface area contributed by atoms with Crippen LogP contribution in [0.4, 0.5) is 0 Å². The van der Waals surface area contributed by atoms with Crippen molar-refractivity contribution in [1.29, 1.82) is 0 Å². The van der Waals surface area contributed by atoms with Crippen molar-refractivity contribution < 1.29 is 28.4 Å². The van der Waals surface area contributed by atoms with Gasteiger partial charge in [-0.3, -0.25) is 0 Å². The number of hydrogen-bond donors (Lipinski definition) is 0. The van der Waals surface area contributed by atoms with Crippen LogP contribution in [0.3, 0.4) is 0 Å². The summed E-state index contributed by atoms with van der Waals surface area (Å²) in [6.07, 6.45) is 0.603. The van der Waals surface area contributed by atoms with E-state index < -0.39 is 0 Å². The highest BCUT2D eigenvalue weighted by atomic mass is 32.2. The van der Waals surface area contributed by atoms with Crippen molar-refractivity contribution in [3.05, 3.63) is 48.5 Å². The second-order valence-electron chi connectivity index (χ2n) is 6.86. The molecule has 0 spiro atoms. The lowest BCUT2D eigenvalue weighted by Gasteiger charge is -2.07. The van der Waals surface area contributed by atoms with E-state index in [2.05, 4.69) is 24.3 Å². The van der Waals surface area contributed by atoms with Gasteiger partial charge in [-0.2, -0.15) is 0 Å². The minimum Gasteiger partial charge on any atom is -0.491 e. The van der Waals surface area contributed by atoms with Crippen LogP contribution in [0.15, 0.2) is 58.3 Å². The predicted molar refractivity (Wildman–Crippen MR) is 110 cm³/mol. The topological polar surface area (TPSA) is 62.0 Å². The molecule has 2 heterocycles. The Morgan fingerprint density at radius 3 is 1.45 bits per heavy atom. The Bertz CT molecular complexity index is 664. The van der Waals surface area contributed by atoms with Crippen molar-refractivity contribution in [2.45, 2.75) is 22.0 Å². The highest BCUT2D eigenvalue weighted by Gasteiger charge is 2.22. The summed E-state index contributed by atoms with van der Waals surface area (Å²) in [5.74, 6) is 1.71. The zero-order valence-corrected chi connectivity index (χ0v) is 17.2. The van der Waals surface area contributed by atoms with Gasteiger partial charge in [-0.1, -0.05) is 0 Å². The quantitative estimate of drug-likeness (QED) is 0.203. The molecule has 0 saturated carbocycles. The van der Waals surface area contributed by atoms with Crippen molar-refractivity contribution in [1.82, 2.24) is 0 Å². The van der Waals surface area contributed by atoms with Crippen LogP contribution in [0.1, 0.15) is 0 Å². The largest absolute Gasteiger partial charge is 0.491 e. The third-order valence-corrected chi connectivity index (χ3v) is 5.45. The number of thiol groups is 1. The van der Waals surface area contributed by atoms with Crippen LogP contribution < -0.4 is 9.47 Å². The van der Waals surface area contributed by atoms with Crippen LogP contribution in [-0.2, 0) is 30.7 Å². The molecule has 2 unspecified atom stereocenters. The highest BCUT2D eigenvalue weighted by Crippen LogP contribution is 2.20. The number of epoxide rings is 2. The summed E-state index contributed by atoms with van der Waals surface area (Å²) in [5.41, 5.74) is 0. The van der Waals surface area contributed by atoms with E-state index in [1.807, 2.05) is 24.3 Å². The molecule has 2 atom stereocenters. The Kier molecular flexibility index (Phi) is 7.67. The molecule has 2 aromatic carbocycles. The first-order valence-corrected chi connectivity index (χ1v) is 10.8. The highest BCUT2D eigenvalue weighted by molar-refractivity contribution is 7.78. The normalized spacial score (nSPS) is 19.7. The molecule has 2 saturated heterocycles. The average Bonchev–Trinajstić information content (AvgIpc) is 3.66. The summed E-state index contributed by atoms with van der Waals surface area (Å²) in [7, 11) is 0. The molecule has 6 nitrogen and oxygen atoms in total. The zero-order valence-electron chi connectivity index (χ0n) is 16.3. The molecule has 0 bridgehead atoms. The van der Waals surface area contributed by atoms with Gasteiger partial charge in [-0.25, -0.2) is 0 Å². The maximum Gasteiger partial charge on any atom is 0.158 e. The fourth-order valence-electron chi connectivity index (χ4n) is 2.58. The molecule has 0 radical (unpaired) electrons. The second kappa shape index (κ2) is 10.8. The van der Waals surface area contributed by atoms with Crippen LogP contribution >= 0.6 is 0 Å². The predicted octanol–water partition coefficient (Wildman–Crippen LogP) is 2.51. The van der Waals surface area contributed by atoms with Gasteiger partial charge in [0.05, 0.1) is 39.6 Å². The lowest BCUT2D eigenvalue weighted by molar-refractivity contribution is 0.0878. The Morgan fingerprint density at radius 1 is 0.655 bits per heavy atom. The van der Waals surface area contributed by atoms with Gasteiger partial charge in [-0.15, -0.1) is 0 Å². The molecule has 2 aliphatic rings. The summed E-state index contributed by atoms with van der Waals surface area (Å²) in [6.45, 7) is 5.22. The fourth-order valence-corrected chi connectivity index (χ4v) is 3.47.